The van der Waals surface area contributed by atoms with Gasteiger partial charge in [0.1, 0.15) is 17.7 Å². The second-order valence-electron chi connectivity index (χ2n) is 10.1. The van der Waals surface area contributed by atoms with Gasteiger partial charge in [0.15, 0.2) is 5.79 Å². The molecule has 2 fully saturated rings. The summed E-state index contributed by atoms with van der Waals surface area (Å²) in [7, 11) is 1.97. The van der Waals surface area contributed by atoms with Gasteiger partial charge in [-0.1, -0.05) is 31.2 Å². The lowest BCUT2D eigenvalue weighted by atomic mass is 10.0. The van der Waals surface area contributed by atoms with Gasteiger partial charge in [0, 0.05) is 37.9 Å². The number of carbonyl (C=O) groups is 3. The van der Waals surface area contributed by atoms with Crippen molar-refractivity contribution < 1.29 is 43.2 Å². The van der Waals surface area contributed by atoms with E-state index < -0.39 is 17.7 Å². The number of likely N-dealkylation sites (N-methyl/N-ethyl adjacent to an activating group) is 1. The van der Waals surface area contributed by atoms with Crippen LogP contribution in [0, 0.1) is 5.82 Å². The number of carboxylic acid groups (broad SMARTS) is 2. The molecule has 11 heteroatoms. The minimum Gasteiger partial charge on any atom is -0.490 e. The molecule has 2 aromatic carbocycles. The Morgan fingerprint density at radius 3 is 2.12 bits per heavy atom. The number of carbonyl (C=O) groups excluding carboxylic acids is 1. The predicted molar refractivity (Wildman–Crippen MR) is 148 cm³/mol. The first-order chi connectivity index (χ1) is 19.6. The molecule has 0 spiro atoms. The highest BCUT2D eigenvalue weighted by Gasteiger charge is 2.38. The van der Waals surface area contributed by atoms with Gasteiger partial charge >= 0.3 is 11.9 Å². The Morgan fingerprint density at radius 2 is 1.59 bits per heavy atom. The Kier molecular flexibility index (Phi) is 12.1. The summed E-state index contributed by atoms with van der Waals surface area (Å²) in [6.45, 7) is 5.76. The summed E-state index contributed by atoms with van der Waals surface area (Å²) in [6.07, 6.45) is 4.32. The summed E-state index contributed by atoms with van der Waals surface area (Å²) in [6, 6.07) is 14.6. The molecule has 0 bridgehead atoms. The maximum absolute atomic E-state index is 13.3. The lowest BCUT2D eigenvalue weighted by Gasteiger charge is -2.33. The summed E-state index contributed by atoms with van der Waals surface area (Å²) in [4.78, 5) is 35.0. The molecule has 2 N–H and O–H groups in total. The van der Waals surface area contributed by atoms with Gasteiger partial charge < -0.3 is 29.3 Å². The number of carboxylic acids is 2. The molecule has 1 amide bonds. The van der Waals surface area contributed by atoms with E-state index in [4.69, 9.17) is 34.0 Å². The monoisotopic (exact) mass is 574 g/mol. The molecule has 2 aromatic rings. The number of amides is 1. The molecule has 224 valence electrons. The summed E-state index contributed by atoms with van der Waals surface area (Å²) in [5.74, 6) is -3.69. The largest absolute Gasteiger partial charge is 0.490 e. The smallest absolute Gasteiger partial charge is 0.414 e. The van der Waals surface area contributed by atoms with E-state index in [9.17, 15) is 9.18 Å². The topological polar surface area (TPSA) is 126 Å². The zero-order valence-electron chi connectivity index (χ0n) is 23.6. The fourth-order valence-electron chi connectivity index (χ4n) is 4.82. The quantitative estimate of drug-likeness (QED) is 0.410. The summed E-state index contributed by atoms with van der Waals surface area (Å²) in [5.41, 5.74) is 2.14. The molecule has 0 aromatic heterocycles. The molecule has 0 radical (unpaired) electrons. The van der Waals surface area contributed by atoms with Crippen LogP contribution in [0.15, 0.2) is 48.5 Å². The molecule has 10 nitrogen and oxygen atoms in total. The van der Waals surface area contributed by atoms with Gasteiger partial charge in [-0.25, -0.2) is 14.0 Å². The fraction of sp³-hybridized carbons (Fsp3) is 0.500. The average molecular weight is 575 g/mol. The van der Waals surface area contributed by atoms with Crippen molar-refractivity contribution in [2.45, 2.75) is 50.9 Å². The van der Waals surface area contributed by atoms with Gasteiger partial charge in [0.25, 0.3) is 0 Å². The Labute approximate surface area is 239 Å². The van der Waals surface area contributed by atoms with Gasteiger partial charge in [-0.3, -0.25) is 9.69 Å². The van der Waals surface area contributed by atoms with Crippen molar-refractivity contribution in [1.82, 2.24) is 9.80 Å². The number of likely N-dealkylation sites (tertiary alicyclic amines) is 1. The zero-order chi connectivity index (χ0) is 29.8. The summed E-state index contributed by atoms with van der Waals surface area (Å²) >= 11 is 0. The van der Waals surface area contributed by atoms with E-state index in [2.05, 4.69) is 19.1 Å². The molecule has 0 aliphatic carbocycles. The fourth-order valence-corrected chi connectivity index (χ4v) is 4.82. The number of hydrogen-bond donors (Lipinski definition) is 2. The lowest BCUT2D eigenvalue weighted by molar-refractivity contribution is -0.172. The number of aliphatic carboxylic acids is 2. The van der Waals surface area contributed by atoms with Crippen LogP contribution in [0.5, 0.6) is 5.75 Å². The van der Waals surface area contributed by atoms with E-state index in [1.165, 1.54) is 17.7 Å². The van der Waals surface area contributed by atoms with Crippen LogP contribution in [-0.4, -0.2) is 90.4 Å². The van der Waals surface area contributed by atoms with Crippen molar-refractivity contribution in [3.63, 3.8) is 0 Å². The van der Waals surface area contributed by atoms with Gasteiger partial charge in [-0.2, -0.15) is 0 Å². The second kappa shape index (κ2) is 15.5. The van der Waals surface area contributed by atoms with Crippen LogP contribution in [0.1, 0.15) is 43.7 Å². The number of hydrogen-bond acceptors (Lipinski definition) is 7. The molecule has 0 saturated carbocycles. The van der Waals surface area contributed by atoms with E-state index in [-0.39, 0.29) is 17.8 Å². The molecule has 2 aliphatic heterocycles. The zero-order valence-corrected chi connectivity index (χ0v) is 23.6. The molecule has 41 heavy (non-hydrogen) atoms. The highest BCUT2D eigenvalue weighted by atomic mass is 19.1. The molecule has 4 rings (SSSR count). The van der Waals surface area contributed by atoms with Crippen molar-refractivity contribution in [2.75, 3.05) is 46.4 Å². The van der Waals surface area contributed by atoms with Crippen molar-refractivity contribution in [3.05, 3.63) is 65.5 Å². The van der Waals surface area contributed by atoms with Crippen LogP contribution in [0.4, 0.5) is 4.39 Å². The Bertz CT molecular complexity index is 1120. The van der Waals surface area contributed by atoms with E-state index in [1.807, 2.05) is 29.0 Å². The molecule has 2 saturated heterocycles. The van der Waals surface area contributed by atoms with Crippen molar-refractivity contribution in [3.8, 4) is 5.75 Å². The number of ether oxygens (including phenoxy) is 3. The highest BCUT2D eigenvalue weighted by Crippen LogP contribution is 2.36. The van der Waals surface area contributed by atoms with Crippen LogP contribution in [0.25, 0.3) is 0 Å². The van der Waals surface area contributed by atoms with E-state index >= 15 is 0 Å². The second-order valence-corrected chi connectivity index (χ2v) is 10.1. The third-order valence-electron chi connectivity index (χ3n) is 7.10. The standard InChI is InChI=1S/C28H37FN2O4.C2H2O4/c1-3-22-5-11-25(12-6-22)35-26-13-17-31(18-14-26)27(32)21-30(2)16-4-15-28(33-19-20-34-28)23-7-9-24(29)10-8-23;3-1(4)2(5)6/h5-12,26H,3-4,13-21H2,1-2H3;(H,3,4)(H,5,6). The minimum absolute atomic E-state index is 0.151. The first kappa shape index (κ1) is 32.0. The van der Waals surface area contributed by atoms with E-state index in [0.29, 0.717) is 26.2 Å². The van der Waals surface area contributed by atoms with Crippen molar-refractivity contribution >= 4 is 17.8 Å². The van der Waals surface area contributed by atoms with Crippen molar-refractivity contribution in [1.29, 1.82) is 0 Å². The third kappa shape index (κ3) is 9.80. The van der Waals surface area contributed by atoms with E-state index in [1.54, 1.807) is 12.1 Å². The Hall–Kier alpha value is -3.54. The van der Waals surface area contributed by atoms with Crippen molar-refractivity contribution in [2.24, 2.45) is 0 Å². The van der Waals surface area contributed by atoms with E-state index in [0.717, 1.165) is 56.6 Å². The van der Waals surface area contributed by atoms with Crippen LogP contribution < -0.4 is 4.74 Å². The van der Waals surface area contributed by atoms with Crippen LogP contribution in [0.2, 0.25) is 0 Å². The SMILES string of the molecule is CCc1ccc(OC2CCN(C(=O)CN(C)CCCC3(c4ccc(F)cc4)OCCO3)CC2)cc1.O=C(O)C(=O)O. The molecular formula is C30H39FN2O8. The molecule has 0 unspecified atom stereocenters. The first-order valence-electron chi connectivity index (χ1n) is 13.8. The third-order valence-corrected chi connectivity index (χ3v) is 7.10. The summed E-state index contributed by atoms with van der Waals surface area (Å²) < 4.78 is 31.3. The number of aryl methyl sites for hydroxylation is 1. The number of benzene rings is 2. The first-order valence-corrected chi connectivity index (χ1v) is 13.8. The average Bonchev–Trinajstić information content (AvgIpc) is 3.44. The maximum Gasteiger partial charge on any atom is 0.414 e. The Morgan fingerprint density at radius 1 is 1.00 bits per heavy atom. The normalized spacial score (nSPS) is 16.6. The van der Waals surface area contributed by atoms with Gasteiger partial charge in [0.2, 0.25) is 5.91 Å². The number of nitrogens with zero attached hydrogens (tertiary/aromatic N) is 2. The number of halogens is 1. The van der Waals surface area contributed by atoms with Crippen LogP contribution in [0.3, 0.4) is 0 Å². The van der Waals surface area contributed by atoms with Gasteiger partial charge in [-0.05, 0) is 56.3 Å². The van der Waals surface area contributed by atoms with Crippen LogP contribution >= 0.6 is 0 Å². The Balaban J connectivity index is 0.000000696. The number of piperidine rings is 1. The molecule has 2 heterocycles. The summed E-state index contributed by atoms with van der Waals surface area (Å²) in [5, 5.41) is 14.8. The van der Waals surface area contributed by atoms with Gasteiger partial charge in [-0.15, -0.1) is 0 Å². The van der Waals surface area contributed by atoms with Gasteiger partial charge in [0.05, 0.1) is 19.8 Å². The molecule has 2 aliphatic rings. The highest BCUT2D eigenvalue weighted by molar-refractivity contribution is 6.27. The molecular weight excluding hydrogens is 535 g/mol. The maximum atomic E-state index is 13.3. The van der Waals surface area contributed by atoms with Crippen LogP contribution in [-0.2, 0) is 36.1 Å². The predicted octanol–water partition coefficient (Wildman–Crippen LogP) is 3.53. The number of rotatable bonds is 10. The lowest BCUT2D eigenvalue weighted by Crippen LogP contribution is -2.45. The minimum atomic E-state index is -1.82. The molecule has 0 atom stereocenters.